The highest BCUT2D eigenvalue weighted by atomic mass is 19.1. The molecular formula is C24H22FNO3. The van der Waals surface area contributed by atoms with Gasteiger partial charge in [-0.25, -0.2) is 9.18 Å². The van der Waals surface area contributed by atoms with Gasteiger partial charge in [0.1, 0.15) is 12.4 Å². The fourth-order valence-electron chi connectivity index (χ4n) is 3.84. The summed E-state index contributed by atoms with van der Waals surface area (Å²) in [5, 5.41) is 12.6. The highest BCUT2D eigenvalue weighted by Crippen LogP contribution is 2.44. The van der Waals surface area contributed by atoms with E-state index >= 15 is 0 Å². The molecule has 0 radical (unpaired) electrons. The average molecular weight is 391 g/mol. The zero-order valence-electron chi connectivity index (χ0n) is 15.8. The molecule has 1 aliphatic rings. The molecule has 29 heavy (non-hydrogen) atoms. The molecule has 3 aromatic carbocycles. The lowest BCUT2D eigenvalue weighted by molar-refractivity contribution is 0.128. The van der Waals surface area contributed by atoms with E-state index in [4.69, 9.17) is 4.74 Å². The van der Waals surface area contributed by atoms with Crippen molar-refractivity contribution in [2.45, 2.75) is 18.4 Å². The first kappa shape index (κ1) is 19.2. The van der Waals surface area contributed by atoms with Crippen molar-refractivity contribution in [1.82, 2.24) is 5.32 Å². The number of hydrogen-bond acceptors (Lipinski definition) is 3. The number of halogens is 1. The maximum Gasteiger partial charge on any atom is 0.407 e. The van der Waals surface area contributed by atoms with Crippen LogP contribution >= 0.6 is 0 Å². The summed E-state index contributed by atoms with van der Waals surface area (Å²) in [7, 11) is 0. The van der Waals surface area contributed by atoms with Crippen LogP contribution in [0.4, 0.5) is 9.18 Å². The molecular weight excluding hydrogens is 369 g/mol. The lowest BCUT2D eigenvalue weighted by atomic mass is 9.98. The van der Waals surface area contributed by atoms with Gasteiger partial charge >= 0.3 is 6.09 Å². The van der Waals surface area contributed by atoms with E-state index in [9.17, 15) is 14.3 Å². The quantitative estimate of drug-likeness (QED) is 0.660. The first-order valence-electron chi connectivity index (χ1n) is 9.64. The smallest absolute Gasteiger partial charge is 0.407 e. The Morgan fingerprint density at radius 2 is 1.55 bits per heavy atom. The molecule has 0 heterocycles. The summed E-state index contributed by atoms with van der Waals surface area (Å²) >= 11 is 0. The van der Waals surface area contributed by atoms with Gasteiger partial charge in [-0.1, -0.05) is 66.7 Å². The standard InChI is InChI=1S/C24H22FNO3/c25-23-12-6-1-7-16(23)13-17(27)14-26-24(28)29-15-22-20-10-4-2-8-18(20)19-9-3-5-11-21(19)22/h1-12,17,22,27H,13-15H2,(H,26,28). The molecule has 0 bridgehead atoms. The predicted octanol–water partition coefficient (Wildman–Crippen LogP) is 4.27. The first-order chi connectivity index (χ1) is 14.1. The molecule has 5 heteroatoms. The molecule has 1 unspecified atom stereocenters. The number of nitrogens with one attached hydrogen (secondary N) is 1. The first-order valence-corrected chi connectivity index (χ1v) is 9.64. The topological polar surface area (TPSA) is 58.6 Å². The van der Waals surface area contributed by atoms with E-state index in [0.29, 0.717) is 5.56 Å². The molecule has 0 spiro atoms. The number of alkyl carbamates (subject to hydrolysis) is 1. The van der Waals surface area contributed by atoms with Gasteiger partial charge in [-0.3, -0.25) is 0 Å². The summed E-state index contributed by atoms with van der Waals surface area (Å²) < 4.78 is 19.1. The third-order valence-corrected chi connectivity index (χ3v) is 5.24. The van der Waals surface area contributed by atoms with Crippen LogP contribution in [-0.4, -0.2) is 30.5 Å². The van der Waals surface area contributed by atoms with E-state index in [-0.39, 0.29) is 31.3 Å². The van der Waals surface area contributed by atoms with Crippen molar-refractivity contribution in [2.75, 3.05) is 13.2 Å². The van der Waals surface area contributed by atoms with Gasteiger partial charge in [0.05, 0.1) is 6.10 Å². The number of ether oxygens (including phenoxy) is 1. The molecule has 0 saturated carbocycles. The second kappa shape index (κ2) is 8.45. The van der Waals surface area contributed by atoms with Gasteiger partial charge in [-0.15, -0.1) is 0 Å². The van der Waals surface area contributed by atoms with E-state index in [1.54, 1.807) is 18.2 Å². The van der Waals surface area contributed by atoms with Crippen molar-refractivity contribution in [3.05, 3.63) is 95.3 Å². The van der Waals surface area contributed by atoms with Crippen LogP contribution in [0.25, 0.3) is 11.1 Å². The highest BCUT2D eigenvalue weighted by Gasteiger charge is 2.29. The minimum atomic E-state index is -0.896. The fraction of sp³-hybridized carbons (Fsp3) is 0.208. The molecule has 4 rings (SSSR count). The predicted molar refractivity (Wildman–Crippen MR) is 109 cm³/mol. The van der Waals surface area contributed by atoms with Gasteiger partial charge in [-0.05, 0) is 33.9 Å². The van der Waals surface area contributed by atoms with Crippen LogP contribution in [0.15, 0.2) is 72.8 Å². The molecule has 4 nitrogen and oxygen atoms in total. The van der Waals surface area contributed by atoms with Gasteiger partial charge in [0, 0.05) is 18.9 Å². The summed E-state index contributed by atoms with van der Waals surface area (Å²) in [6, 6.07) is 22.5. The molecule has 0 aromatic heterocycles. The van der Waals surface area contributed by atoms with Crippen LogP contribution in [-0.2, 0) is 11.2 Å². The van der Waals surface area contributed by atoms with Crippen LogP contribution < -0.4 is 5.32 Å². The minimum absolute atomic E-state index is 0.00892. The molecule has 1 amide bonds. The zero-order valence-corrected chi connectivity index (χ0v) is 15.8. The fourth-order valence-corrected chi connectivity index (χ4v) is 3.84. The van der Waals surface area contributed by atoms with Crippen LogP contribution in [0.3, 0.4) is 0 Å². The summed E-state index contributed by atoms with van der Waals surface area (Å²) in [4.78, 5) is 12.1. The molecule has 2 N–H and O–H groups in total. The molecule has 148 valence electrons. The van der Waals surface area contributed by atoms with Gasteiger partial charge in [-0.2, -0.15) is 0 Å². The number of carbonyl (C=O) groups excluding carboxylic acids is 1. The molecule has 1 atom stereocenters. The van der Waals surface area contributed by atoms with Gasteiger partial charge in [0.25, 0.3) is 0 Å². The van der Waals surface area contributed by atoms with Crippen molar-refractivity contribution in [2.24, 2.45) is 0 Å². The van der Waals surface area contributed by atoms with Crippen molar-refractivity contribution in [3.63, 3.8) is 0 Å². The van der Waals surface area contributed by atoms with Crippen molar-refractivity contribution >= 4 is 6.09 Å². The molecule has 0 aliphatic heterocycles. The van der Waals surface area contributed by atoms with E-state index in [1.807, 2.05) is 24.3 Å². The molecule has 0 saturated heterocycles. The van der Waals surface area contributed by atoms with E-state index in [1.165, 1.54) is 6.07 Å². The molecule has 1 aliphatic carbocycles. The monoisotopic (exact) mass is 391 g/mol. The van der Waals surface area contributed by atoms with E-state index in [2.05, 4.69) is 29.6 Å². The Hall–Kier alpha value is -3.18. The van der Waals surface area contributed by atoms with Gasteiger partial charge < -0.3 is 15.2 Å². The second-order valence-electron chi connectivity index (χ2n) is 7.16. The SMILES string of the molecule is O=C(NCC(O)Cc1ccccc1F)OCC1c2ccccc2-c2ccccc21. The third kappa shape index (κ3) is 4.15. The van der Waals surface area contributed by atoms with Crippen LogP contribution in [0.1, 0.15) is 22.6 Å². The number of hydrogen-bond donors (Lipinski definition) is 2. The Morgan fingerprint density at radius 3 is 2.21 bits per heavy atom. The second-order valence-corrected chi connectivity index (χ2v) is 7.16. The normalized spacial score (nSPS) is 13.4. The number of amides is 1. The van der Waals surface area contributed by atoms with Gasteiger partial charge in [0.15, 0.2) is 0 Å². The number of carbonyl (C=O) groups is 1. The lowest BCUT2D eigenvalue weighted by Crippen LogP contribution is -2.34. The Kier molecular flexibility index (Phi) is 5.58. The summed E-state index contributed by atoms with van der Waals surface area (Å²) in [5.41, 5.74) is 5.02. The van der Waals surface area contributed by atoms with Crippen molar-refractivity contribution in [1.29, 1.82) is 0 Å². The van der Waals surface area contributed by atoms with Crippen molar-refractivity contribution in [3.8, 4) is 11.1 Å². The van der Waals surface area contributed by atoms with E-state index in [0.717, 1.165) is 22.3 Å². The molecule has 0 fully saturated rings. The van der Waals surface area contributed by atoms with Crippen molar-refractivity contribution < 1.29 is 19.0 Å². The Balaban J connectivity index is 1.33. The number of benzene rings is 3. The summed E-state index contributed by atoms with van der Waals surface area (Å²) in [6.45, 7) is 0.203. The zero-order chi connectivity index (χ0) is 20.2. The minimum Gasteiger partial charge on any atom is -0.449 e. The Morgan fingerprint density at radius 1 is 0.966 bits per heavy atom. The average Bonchev–Trinajstić information content (AvgIpc) is 3.06. The number of rotatable bonds is 6. The third-order valence-electron chi connectivity index (χ3n) is 5.24. The van der Waals surface area contributed by atoms with Crippen LogP contribution in [0, 0.1) is 5.82 Å². The number of fused-ring (bicyclic) bond motifs is 3. The van der Waals surface area contributed by atoms with E-state index < -0.39 is 12.2 Å². The summed E-state index contributed by atoms with van der Waals surface area (Å²) in [5.74, 6) is -0.385. The Bertz CT molecular complexity index is 975. The molecule has 3 aromatic rings. The lowest BCUT2D eigenvalue weighted by Gasteiger charge is -2.16. The number of aliphatic hydroxyl groups is 1. The Labute approximate surface area is 169 Å². The van der Waals surface area contributed by atoms with Crippen LogP contribution in [0.5, 0.6) is 0 Å². The number of aliphatic hydroxyl groups excluding tert-OH is 1. The maximum atomic E-state index is 13.7. The van der Waals surface area contributed by atoms with Gasteiger partial charge in [0.2, 0.25) is 0 Å². The highest BCUT2D eigenvalue weighted by molar-refractivity contribution is 5.79. The summed E-state index contributed by atoms with van der Waals surface area (Å²) in [6.07, 6.45) is -1.37. The largest absolute Gasteiger partial charge is 0.449 e. The maximum absolute atomic E-state index is 13.7. The van der Waals surface area contributed by atoms with Crippen LogP contribution in [0.2, 0.25) is 0 Å².